The number of rotatable bonds is 5. The van der Waals surface area contributed by atoms with Gasteiger partial charge in [0.05, 0.1) is 7.11 Å². The molecule has 2 N–H and O–H groups in total. The minimum absolute atomic E-state index is 0.0901. The molecule has 0 aliphatic carbocycles. The predicted octanol–water partition coefficient (Wildman–Crippen LogP) is 3.99. The highest BCUT2D eigenvalue weighted by Gasteiger charge is 2.20. The lowest BCUT2D eigenvalue weighted by atomic mass is 10.1. The van der Waals surface area contributed by atoms with Gasteiger partial charge in [0.25, 0.3) is 0 Å². The van der Waals surface area contributed by atoms with Crippen molar-refractivity contribution in [1.82, 2.24) is 0 Å². The molecule has 0 aliphatic heterocycles. The molecule has 102 valence electrons. The van der Waals surface area contributed by atoms with E-state index in [4.69, 9.17) is 15.2 Å². The number of hydrogen-bond acceptors (Lipinski definition) is 4. The van der Waals surface area contributed by atoms with Crippen molar-refractivity contribution in [3.05, 3.63) is 45.1 Å². The number of thiophene rings is 1. The van der Waals surface area contributed by atoms with Crippen molar-refractivity contribution in [3.8, 4) is 11.5 Å². The van der Waals surface area contributed by atoms with Gasteiger partial charge in [0, 0.05) is 20.8 Å². The lowest BCUT2D eigenvalue weighted by molar-refractivity contribution is 0.184. The molecule has 1 aromatic heterocycles. The third-order valence-electron chi connectivity index (χ3n) is 2.67. The third-order valence-corrected chi connectivity index (χ3v) is 4.42. The average Bonchev–Trinajstić information content (AvgIpc) is 2.82. The zero-order chi connectivity index (χ0) is 13.8. The molecule has 5 heteroatoms. The maximum absolute atomic E-state index is 6.02. The van der Waals surface area contributed by atoms with Crippen LogP contribution in [0.4, 0.5) is 0 Å². The summed E-state index contributed by atoms with van der Waals surface area (Å²) in [7, 11) is 1.64. The number of benzene rings is 1. The van der Waals surface area contributed by atoms with Gasteiger partial charge in [-0.25, -0.2) is 0 Å². The molecule has 2 atom stereocenters. The van der Waals surface area contributed by atoms with Crippen molar-refractivity contribution in [2.45, 2.75) is 19.1 Å². The molecule has 0 fully saturated rings. The first-order chi connectivity index (χ1) is 9.10. The first-order valence-electron chi connectivity index (χ1n) is 5.90. The molecule has 1 aromatic carbocycles. The van der Waals surface area contributed by atoms with Gasteiger partial charge < -0.3 is 15.2 Å². The Morgan fingerprint density at radius 3 is 2.32 bits per heavy atom. The van der Waals surface area contributed by atoms with Gasteiger partial charge in [0.1, 0.15) is 17.6 Å². The molecule has 2 aromatic rings. The number of ether oxygens (including phenoxy) is 2. The predicted molar refractivity (Wildman–Crippen MR) is 82.0 cm³/mol. The van der Waals surface area contributed by atoms with E-state index < -0.39 is 0 Å². The van der Waals surface area contributed by atoms with E-state index in [0.717, 1.165) is 20.8 Å². The smallest absolute Gasteiger partial charge is 0.148 e. The van der Waals surface area contributed by atoms with Crippen LogP contribution in [0.25, 0.3) is 0 Å². The molecule has 2 rings (SSSR count). The molecule has 0 spiro atoms. The normalized spacial score (nSPS) is 13.9. The van der Waals surface area contributed by atoms with Gasteiger partial charge in [-0.15, -0.1) is 11.3 Å². The maximum atomic E-state index is 6.02. The van der Waals surface area contributed by atoms with E-state index in [2.05, 4.69) is 15.9 Å². The molecule has 19 heavy (non-hydrogen) atoms. The second-order valence-corrected chi connectivity index (χ2v) is 6.10. The van der Waals surface area contributed by atoms with Gasteiger partial charge in [-0.1, -0.05) is 0 Å². The Bertz CT molecular complexity index is 524. The third kappa shape index (κ3) is 3.72. The molecule has 0 bridgehead atoms. The summed E-state index contributed by atoms with van der Waals surface area (Å²) in [6, 6.07) is 9.47. The quantitative estimate of drug-likeness (QED) is 0.894. The highest BCUT2D eigenvalue weighted by Crippen LogP contribution is 2.31. The van der Waals surface area contributed by atoms with E-state index in [0.29, 0.717) is 0 Å². The van der Waals surface area contributed by atoms with E-state index in [-0.39, 0.29) is 12.1 Å². The Kier molecular flexibility index (Phi) is 4.85. The number of nitrogens with two attached hydrogens (primary N) is 1. The van der Waals surface area contributed by atoms with Crippen LogP contribution < -0.4 is 15.2 Å². The van der Waals surface area contributed by atoms with Crippen LogP contribution in [0.2, 0.25) is 0 Å². The van der Waals surface area contributed by atoms with Crippen LogP contribution >= 0.6 is 27.3 Å². The van der Waals surface area contributed by atoms with Gasteiger partial charge in [0.15, 0.2) is 0 Å². The van der Waals surface area contributed by atoms with E-state index in [1.807, 2.05) is 42.6 Å². The Morgan fingerprint density at radius 2 is 1.84 bits per heavy atom. The van der Waals surface area contributed by atoms with Gasteiger partial charge in [0.2, 0.25) is 0 Å². The topological polar surface area (TPSA) is 44.5 Å². The fourth-order valence-electron chi connectivity index (χ4n) is 1.70. The SMILES string of the molecule is COc1ccc(OC(c2cc(Br)cs2)C(C)N)cc1. The van der Waals surface area contributed by atoms with E-state index in [9.17, 15) is 0 Å². The van der Waals surface area contributed by atoms with Crippen LogP contribution in [0.15, 0.2) is 40.2 Å². The molecule has 0 saturated heterocycles. The monoisotopic (exact) mass is 341 g/mol. The second kappa shape index (κ2) is 6.41. The lowest BCUT2D eigenvalue weighted by Gasteiger charge is -2.21. The zero-order valence-corrected chi connectivity index (χ0v) is 13.2. The summed E-state index contributed by atoms with van der Waals surface area (Å²) in [4.78, 5) is 1.11. The van der Waals surface area contributed by atoms with E-state index in [1.165, 1.54) is 0 Å². The summed E-state index contributed by atoms with van der Waals surface area (Å²) in [5.41, 5.74) is 6.02. The molecule has 1 heterocycles. The molecular formula is C14H16BrNO2S. The number of methoxy groups -OCH3 is 1. The van der Waals surface area contributed by atoms with E-state index in [1.54, 1.807) is 18.4 Å². The Morgan fingerprint density at radius 1 is 1.21 bits per heavy atom. The fourth-order valence-corrected chi connectivity index (χ4v) is 3.29. The lowest BCUT2D eigenvalue weighted by Crippen LogP contribution is -2.28. The van der Waals surface area contributed by atoms with Crippen molar-refractivity contribution in [2.75, 3.05) is 7.11 Å². The summed E-state index contributed by atoms with van der Waals surface area (Å²) in [5, 5.41) is 2.03. The van der Waals surface area contributed by atoms with Crippen LogP contribution in [0.5, 0.6) is 11.5 Å². The molecule has 0 amide bonds. The largest absolute Gasteiger partial charge is 0.497 e. The minimum atomic E-state index is -0.148. The maximum Gasteiger partial charge on any atom is 0.148 e. The highest BCUT2D eigenvalue weighted by atomic mass is 79.9. The standard InChI is InChI=1S/C14H16BrNO2S/c1-9(16)14(13-7-10(15)8-19-13)18-12-5-3-11(17-2)4-6-12/h3-9,14H,16H2,1-2H3. The summed E-state index contributed by atoms with van der Waals surface area (Å²) in [6.07, 6.45) is -0.148. The van der Waals surface area contributed by atoms with Gasteiger partial charge in [-0.05, 0) is 53.2 Å². The van der Waals surface area contributed by atoms with Crippen molar-refractivity contribution >= 4 is 27.3 Å². The minimum Gasteiger partial charge on any atom is -0.497 e. The Hall–Kier alpha value is -1.04. The van der Waals surface area contributed by atoms with Crippen molar-refractivity contribution in [3.63, 3.8) is 0 Å². The van der Waals surface area contributed by atoms with Crippen LogP contribution in [0.1, 0.15) is 17.9 Å². The molecular weight excluding hydrogens is 326 g/mol. The summed E-state index contributed by atoms with van der Waals surface area (Å²) in [5.74, 6) is 1.59. The van der Waals surface area contributed by atoms with Gasteiger partial charge >= 0.3 is 0 Å². The second-order valence-electron chi connectivity index (χ2n) is 4.24. The van der Waals surface area contributed by atoms with Crippen molar-refractivity contribution in [1.29, 1.82) is 0 Å². The summed E-state index contributed by atoms with van der Waals surface area (Å²) in [6.45, 7) is 1.95. The number of halogens is 1. The first kappa shape index (κ1) is 14.4. The molecule has 0 saturated carbocycles. The van der Waals surface area contributed by atoms with Gasteiger partial charge in [-0.2, -0.15) is 0 Å². The van der Waals surface area contributed by atoms with Crippen molar-refractivity contribution < 1.29 is 9.47 Å². The Balaban J connectivity index is 2.16. The van der Waals surface area contributed by atoms with Gasteiger partial charge in [-0.3, -0.25) is 0 Å². The average molecular weight is 342 g/mol. The first-order valence-corrected chi connectivity index (χ1v) is 7.57. The fraction of sp³-hybridized carbons (Fsp3) is 0.286. The Labute approximate surface area is 125 Å². The molecule has 0 radical (unpaired) electrons. The van der Waals surface area contributed by atoms with Crippen LogP contribution in [-0.2, 0) is 0 Å². The molecule has 2 unspecified atom stereocenters. The summed E-state index contributed by atoms with van der Waals surface area (Å²) >= 11 is 5.09. The van der Waals surface area contributed by atoms with Crippen LogP contribution in [0.3, 0.4) is 0 Å². The molecule has 3 nitrogen and oxygen atoms in total. The zero-order valence-electron chi connectivity index (χ0n) is 10.8. The summed E-state index contributed by atoms with van der Waals surface area (Å²) < 4.78 is 12.2. The molecule has 0 aliphatic rings. The highest BCUT2D eigenvalue weighted by molar-refractivity contribution is 9.10. The van der Waals surface area contributed by atoms with Crippen LogP contribution in [0, 0.1) is 0 Å². The van der Waals surface area contributed by atoms with E-state index >= 15 is 0 Å². The van der Waals surface area contributed by atoms with Crippen LogP contribution in [-0.4, -0.2) is 13.2 Å². The number of hydrogen-bond donors (Lipinski definition) is 1. The van der Waals surface area contributed by atoms with Crippen molar-refractivity contribution in [2.24, 2.45) is 5.73 Å².